The highest BCUT2D eigenvalue weighted by Crippen LogP contribution is 2.18. The van der Waals surface area contributed by atoms with E-state index in [1.165, 1.54) is 39.5 Å². The molecular weight excluding hydrogens is 204 g/mol. The van der Waals surface area contributed by atoms with E-state index in [-0.39, 0.29) is 5.97 Å². The molecule has 0 bridgehead atoms. The van der Waals surface area contributed by atoms with Crippen LogP contribution in [0.4, 0.5) is 0 Å². The van der Waals surface area contributed by atoms with Crippen LogP contribution in [0, 0.1) is 5.92 Å². The lowest BCUT2D eigenvalue weighted by molar-refractivity contribution is -0.141. The number of hydrogen-bond acceptors (Lipinski definition) is 4. The molecule has 4 heteroatoms. The van der Waals surface area contributed by atoms with Gasteiger partial charge in [0.15, 0.2) is 0 Å². The van der Waals surface area contributed by atoms with Crippen molar-refractivity contribution < 1.29 is 9.53 Å². The van der Waals surface area contributed by atoms with Gasteiger partial charge in [-0.05, 0) is 52.4 Å². The number of likely N-dealkylation sites (N-methyl/N-ethyl adjacent to an activating group) is 1. The zero-order valence-corrected chi connectivity index (χ0v) is 10.7. The highest BCUT2D eigenvalue weighted by atomic mass is 16.5. The number of ether oxygens (including phenoxy) is 1. The van der Waals surface area contributed by atoms with Gasteiger partial charge in [-0.3, -0.25) is 9.69 Å². The van der Waals surface area contributed by atoms with Gasteiger partial charge in [-0.15, -0.1) is 0 Å². The zero-order valence-electron chi connectivity index (χ0n) is 10.7. The van der Waals surface area contributed by atoms with Crippen molar-refractivity contribution in [2.45, 2.75) is 19.3 Å². The van der Waals surface area contributed by atoms with Crippen molar-refractivity contribution in [3.8, 4) is 0 Å². The minimum atomic E-state index is -0.150. The molecule has 94 valence electrons. The highest BCUT2D eigenvalue weighted by Gasteiger charge is 2.17. The van der Waals surface area contributed by atoms with E-state index < -0.39 is 0 Å². The van der Waals surface area contributed by atoms with E-state index in [9.17, 15) is 4.79 Å². The third kappa shape index (κ3) is 4.94. The first-order valence-corrected chi connectivity index (χ1v) is 6.05. The van der Waals surface area contributed by atoms with Gasteiger partial charge in [0.25, 0.3) is 0 Å². The molecule has 0 aromatic carbocycles. The fourth-order valence-electron chi connectivity index (χ4n) is 2.28. The third-order valence-electron chi connectivity index (χ3n) is 3.27. The molecule has 0 N–H and O–H groups in total. The number of carbonyl (C=O) groups is 1. The Balaban J connectivity index is 2.15. The maximum absolute atomic E-state index is 11.1. The number of nitrogens with zero attached hydrogens (tertiary/aromatic N) is 2. The number of rotatable bonds is 5. The third-order valence-corrected chi connectivity index (χ3v) is 3.27. The molecule has 1 atom stereocenters. The predicted molar refractivity (Wildman–Crippen MR) is 64.4 cm³/mol. The van der Waals surface area contributed by atoms with Crippen LogP contribution in [-0.4, -0.2) is 63.2 Å². The normalized spacial score (nSPS) is 22.4. The molecular formula is C12H24N2O2. The first-order valence-electron chi connectivity index (χ1n) is 6.05. The van der Waals surface area contributed by atoms with Gasteiger partial charge in [0.05, 0.1) is 13.7 Å². The Kier molecular flexibility index (Phi) is 5.77. The number of hydrogen-bond donors (Lipinski definition) is 0. The molecule has 1 unspecified atom stereocenters. The average molecular weight is 228 g/mol. The van der Waals surface area contributed by atoms with Crippen molar-refractivity contribution in [3.63, 3.8) is 0 Å². The van der Waals surface area contributed by atoms with Gasteiger partial charge in [-0.1, -0.05) is 0 Å². The minimum Gasteiger partial charge on any atom is -0.468 e. The SMILES string of the molecule is COC(=O)CN(C)CCC1CCCN(C)C1. The number of methoxy groups -OCH3 is 1. The predicted octanol–water partition coefficient (Wildman–Crippen LogP) is 0.823. The summed E-state index contributed by atoms with van der Waals surface area (Å²) < 4.78 is 4.64. The van der Waals surface area contributed by atoms with Crippen LogP contribution in [0.5, 0.6) is 0 Å². The van der Waals surface area contributed by atoms with E-state index >= 15 is 0 Å². The summed E-state index contributed by atoms with van der Waals surface area (Å²) in [5.74, 6) is 0.641. The van der Waals surface area contributed by atoms with Gasteiger partial charge in [0.2, 0.25) is 0 Å². The van der Waals surface area contributed by atoms with Crippen molar-refractivity contribution in [2.24, 2.45) is 5.92 Å². The van der Waals surface area contributed by atoms with E-state index in [1.807, 2.05) is 11.9 Å². The Bertz CT molecular complexity index is 221. The molecule has 0 saturated carbocycles. The van der Waals surface area contributed by atoms with Gasteiger partial charge in [-0.25, -0.2) is 0 Å². The second-order valence-corrected chi connectivity index (χ2v) is 4.87. The lowest BCUT2D eigenvalue weighted by Crippen LogP contribution is -2.35. The van der Waals surface area contributed by atoms with Crippen LogP contribution in [0.3, 0.4) is 0 Å². The van der Waals surface area contributed by atoms with Crippen molar-refractivity contribution in [3.05, 3.63) is 0 Å². The lowest BCUT2D eigenvalue weighted by Gasteiger charge is -2.30. The van der Waals surface area contributed by atoms with Gasteiger partial charge in [-0.2, -0.15) is 0 Å². The van der Waals surface area contributed by atoms with Crippen LogP contribution >= 0.6 is 0 Å². The molecule has 16 heavy (non-hydrogen) atoms. The fourth-order valence-corrected chi connectivity index (χ4v) is 2.28. The number of likely N-dealkylation sites (tertiary alicyclic amines) is 1. The van der Waals surface area contributed by atoms with E-state index in [1.54, 1.807) is 0 Å². The fraction of sp³-hybridized carbons (Fsp3) is 0.917. The van der Waals surface area contributed by atoms with E-state index in [0.29, 0.717) is 6.54 Å². The van der Waals surface area contributed by atoms with Crippen LogP contribution in [0.25, 0.3) is 0 Å². The summed E-state index contributed by atoms with van der Waals surface area (Å²) in [4.78, 5) is 15.5. The standard InChI is InChI=1S/C12H24N2O2/c1-13-7-4-5-11(9-13)6-8-14(2)10-12(15)16-3/h11H,4-10H2,1-3H3. The molecule has 1 saturated heterocycles. The summed E-state index contributed by atoms with van der Waals surface area (Å²) in [6, 6.07) is 0. The summed E-state index contributed by atoms with van der Waals surface area (Å²) in [6.45, 7) is 3.81. The van der Waals surface area contributed by atoms with Crippen molar-refractivity contribution in [1.82, 2.24) is 9.80 Å². The molecule has 0 radical (unpaired) electrons. The largest absolute Gasteiger partial charge is 0.468 e. The van der Waals surface area contributed by atoms with Crippen LogP contribution in [0.2, 0.25) is 0 Å². The Morgan fingerprint density at radius 2 is 2.31 bits per heavy atom. The van der Waals surface area contributed by atoms with Gasteiger partial charge < -0.3 is 9.64 Å². The summed E-state index contributed by atoms with van der Waals surface area (Å²) >= 11 is 0. The number of piperidine rings is 1. The summed E-state index contributed by atoms with van der Waals surface area (Å²) in [7, 11) is 5.60. The van der Waals surface area contributed by atoms with Crippen LogP contribution in [-0.2, 0) is 9.53 Å². The summed E-state index contributed by atoms with van der Waals surface area (Å²) in [5.41, 5.74) is 0. The smallest absolute Gasteiger partial charge is 0.319 e. The maximum atomic E-state index is 11.1. The Morgan fingerprint density at radius 3 is 2.94 bits per heavy atom. The molecule has 0 aliphatic carbocycles. The summed E-state index contributed by atoms with van der Waals surface area (Å²) in [6.07, 6.45) is 3.82. The Labute approximate surface area is 98.5 Å². The lowest BCUT2D eigenvalue weighted by atomic mass is 9.95. The van der Waals surface area contributed by atoms with E-state index in [4.69, 9.17) is 0 Å². The number of carbonyl (C=O) groups excluding carboxylic acids is 1. The molecule has 0 spiro atoms. The quantitative estimate of drug-likeness (QED) is 0.652. The van der Waals surface area contributed by atoms with Gasteiger partial charge in [0.1, 0.15) is 0 Å². The van der Waals surface area contributed by atoms with Crippen LogP contribution in [0.15, 0.2) is 0 Å². The monoisotopic (exact) mass is 228 g/mol. The van der Waals surface area contributed by atoms with Gasteiger partial charge >= 0.3 is 5.97 Å². The molecule has 0 amide bonds. The number of esters is 1. The van der Waals surface area contributed by atoms with E-state index in [0.717, 1.165) is 12.5 Å². The van der Waals surface area contributed by atoms with Gasteiger partial charge in [0, 0.05) is 6.54 Å². The Morgan fingerprint density at radius 1 is 1.56 bits per heavy atom. The molecule has 1 heterocycles. The minimum absolute atomic E-state index is 0.150. The van der Waals surface area contributed by atoms with Crippen molar-refractivity contribution >= 4 is 5.97 Å². The van der Waals surface area contributed by atoms with Crippen molar-refractivity contribution in [2.75, 3.05) is 47.4 Å². The maximum Gasteiger partial charge on any atom is 0.319 e. The molecule has 0 aromatic rings. The topological polar surface area (TPSA) is 32.8 Å². The zero-order chi connectivity index (χ0) is 12.0. The molecule has 1 rings (SSSR count). The first-order chi connectivity index (χ1) is 7.61. The second kappa shape index (κ2) is 6.86. The van der Waals surface area contributed by atoms with Crippen molar-refractivity contribution in [1.29, 1.82) is 0 Å². The van der Waals surface area contributed by atoms with Crippen LogP contribution < -0.4 is 0 Å². The molecule has 1 fully saturated rings. The average Bonchev–Trinajstić information content (AvgIpc) is 2.26. The second-order valence-electron chi connectivity index (χ2n) is 4.87. The first kappa shape index (κ1) is 13.5. The molecule has 1 aliphatic heterocycles. The molecule has 4 nitrogen and oxygen atoms in total. The Hall–Kier alpha value is -0.610. The molecule has 1 aliphatic rings. The van der Waals surface area contributed by atoms with E-state index in [2.05, 4.69) is 16.7 Å². The molecule has 0 aromatic heterocycles. The summed E-state index contributed by atoms with van der Waals surface area (Å²) in [5, 5.41) is 0. The van der Waals surface area contributed by atoms with Crippen LogP contribution in [0.1, 0.15) is 19.3 Å². The highest BCUT2D eigenvalue weighted by molar-refractivity contribution is 5.71.